The van der Waals surface area contributed by atoms with Gasteiger partial charge in [-0.05, 0) is 43.5 Å². The van der Waals surface area contributed by atoms with E-state index in [-0.39, 0.29) is 24.7 Å². The molecule has 160 valence electrons. The fourth-order valence-corrected chi connectivity index (χ4v) is 3.52. The minimum atomic E-state index is -1.21. The van der Waals surface area contributed by atoms with Gasteiger partial charge < -0.3 is 35.4 Å². The second-order valence-corrected chi connectivity index (χ2v) is 7.39. The second kappa shape index (κ2) is 11.5. The van der Waals surface area contributed by atoms with Gasteiger partial charge >= 0.3 is 0 Å². The molecule has 2 rings (SSSR count). The maximum Gasteiger partial charge on any atom is 0.157 e. The standard InChI is InChI=1S/C20H33NO7/c22-13-15-19(26)20(27)18(25)12-21(15)8-3-1-2-4-9-28-10-7-14-5-6-16(23)17(24)11-14/h5-6,11,15,18-20,22-27H,1-4,7-10,12-13H2/t15-,18+,19-,20-/m1/s1. The summed E-state index contributed by atoms with van der Waals surface area (Å²) in [7, 11) is 0. The van der Waals surface area contributed by atoms with E-state index in [4.69, 9.17) is 4.74 Å². The number of aliphatic hydroxyl groups excluding tert-OH is 4. The number of aromatic hydroxyl groups is 2. The van der Waals surface area contributed by atoms with E-state index in [0.717, 1.165) is 31.2 Å². The van der Waals surface area contributed by atoms with Crippen LogP contribution in [0.15, 0.2) is 18.2 Å². The summed E-state index contributed by atoms with van der Waals surface area (Å²) in [5.41, 5.74) is 0.907. The number of piperidine rings is 1. The van der Waals surface area contributed by atoms with Gasteiger partial charge in [0, 0.05) is 13.2 Å². The Morgan fingerprint density at radius 3 is 2.39 bits per heavy atom. The van der Waals surface area contributed by atoms with Gasteiger partial charge in [0.2, 0.25) is 0 Å². The summed E-state index contributed by atoms with van der Waals surface area (Å²) < 4.78 is 5.60. The van der Waals surface area contributed by atoms with Gasteiger partial charge in [0.1, 0.15) is 12.2 Å². The molecule has 1 aliphatic rings. The lowest BCUT2D eigenvalue weighted by Crippen LogP contribution is -2.62. The largest absolute Gasteiger partial charge is 0.504 e. The maximum absolute atomic E-state index is 9.96. The van der Waals surface area contributed by atoms with Crippen LogP contribution >= 0.6 is 0 Å². The molecule has 4 atom stereocenters. The molecule has 1 saturated heterocycles. The van der Waals surface area contributed by atoms with Crippen molar-refractivity contribution in [1.82, 2.24) is 4.90 Å². The molecule has 1 aromatic rings. The van der Waals surface area contributed by atoms with Crippen molar-refractivity contribution in [3.8, 4) is 11.5 Å². The highest BCUT2D eigenvalue weighted by molar-refractivity contribution is 5.40. The average molecular weight is 399 g/mol. The SMILES string of the molecule is OC[C@@H]1[C@@H](O)[C@H](O)[C@@H](O)CN1CCCCCCOCCc1ccc(O)c(O)c1. The molecular formula is C20H33NO7. The topological polar surface area (TPSA) is 134 Å². The molecular weight excluding hydrogens is 366 g/mol. The normalized spacial score (nSPS) is 25.9. The molecule has 0 saturated carbocycles. The molecule has 1 heterocycles. The van der Waals surface area contributed by atoms with Crippen molar-refractivity contribution in [1.29, 1.82) is 0 Å². The van der Waals surface area contributed by atoms with Gasteiger partial charge in [0.15, 0.2) is 11.5 Å². The number of rotatable bonds is 11. The van der Waals surface area contributed by atoms with Crippen molar-refractivity contribution < 1.29 is 35.4 Å². The van der Waals surface area contributed by atoms with Crippen molar-refractivity contribution in [2.45, 2.75) is 56.5 Å². The number of nitrogens with zero attached hydrogens (tertiary/aromatic N) is 1. The molecule has 1 aliphatic heterocycles. The Bertz CT molecular complexity index is 586. The molecule has 0 amide bonds. The number of phenols is 2. The zero-order valence-electron chi connectivity index (χ0n) is 16.2. The number of hydrogen-bond donors (Lipinski definition) is 6. The van der Waals surface area contributed by atoms with E-state index >= 15 is 0 Å². The molecule has 0 radical (unpaired) electrons. The third kappa shape index (κ3) is 6.58. The van der Waals surface area contributed by atoms with Crippen LogP contribution in [0.2, 0.25) is 0 Å². The van der Waals surface area contributed by atoms with Gasteiger partial charge in [0.25, 0.3) is 0 Å². The molecule has 1 fully saturated rings. The molecule has 6 N–H and O–H groups in total. The predicted molar refractivity (Wildman–Crippen MR) is 103 cm³/mol. The second-order valence-electron chi connectivity index (χ2n) is 7.39. The van der Waals surface area contributed by atoms with Gasteiger partial charge in [0.05, 0.1) is 25.4 Å². The fraction of sp³-hybridized carbons (Fsp3) is 0.700. The van der Waals surface area contributed by atoms with Gasteiger partial charge in [-0.3, -0.25) is 4.90 Å². The molecule has 8 heteroatoms. The van der Waals surface area contributed by atoms with Crippen molar-refractivity contribution in [2.75, 3.05) is 32.9 Å². The lowest BCUT2D eigenvalue weighted by molar-refractivity contribution is -0.145. The first kappa shape index (κ1) is 22.9. The third-order valence-electron chi connectivity index (χ3n) is 5.27. The number of likely N-dealkylation sites (tertiary alicyclic amines) is 1. The summed E-state index contributed by atoms with van der Waals surface area (Å²) >= 11 is 0. The highest BCUT2D eigenvalue weighted by atomic mass is 16.5. The Kier molecular flexibility index (Phi) is 9.43. The van der Waals surface area contributed by atoms with Crippen LogP contribution in [0, 0.1) is 0 Å². The molecule has 28 heavy (non-hydrogen) atoms. The number of phenolic OH excluding ortho intramolecular Hbond substituents is 2. The quantitative estimate of drug-likeness (QED) is 0.226. The number of ether oxygens (including phenoxy) is 1. The summed E-state index contributed by atoms with van der Waals surface area (Å²) in [5, 5.41) is 57.6. The fourth-order valence-electron chi connectivity index (χ4n) is 3.52. The molecule has 0 unspecified atom stereocenters. The Labute approximate surface area is 165 Å². The van der Waals surface area contributed by atoms with Crippen molar-refractivity contribution >= 4 is 0 Å². The zero-order chi connectivity index (χ0) is 20.5. The Morgan fingerprint density at radius 1 is 0.929 bits per heavy atom. The van der Waals surface area contributed by atoms with E-state index in [1.165, 1.54) is 12.1 Å². The van der Waals surface area contributed by atoms with Gasteiger partial charge in [-0.25, -0.2) is 0 Å². The maximum atomic E-state index is 9.96. The molecule has 0 bridgehead atoms. The molecule has 0 aliphatic carbocycles. The summed E-state index contributed by atoms with van der Waals surface area (Å²) in [6.07, 6.45) is 1.08. The van der Waals surface area contributed by atoms with Crippen molar-refractivity contribution in [3.05, 3.63) is 23.8 Å². The Balaban J connectivity index is 1.53. The zero-order valence-corrected chi connectivity index (χ0v) is 16.2. The Hall–Kier alpha value is -1.42. The first-order valence-corrected chi connectivity index (χ1v) is 9.91. The average Bonchev–Trinajstić information content (AvgIpc) is 2.67. The lowest BCUT2D eigenvalue weighted by atomic mass is 9.94. The number of benzene rings is 1. The van der Waals surface area contributed by atoms with Crippen molar-refractivity contribution in [2.24, 2.45) is 0 Å². The minimum Gasteiger partial charge on any atom is -0.504 e. The predicted octanol–water partition coefficient (Wildman–Crippen LogP) is -0.0235. The van der Waals surface area contributed by atoms with Crippen LogP contribution in [-0.4, -0.2) is 92.8 Å². The van der Waals surface area contributed by atoms with E-state index in [0.29, 0.717) is 26.2 Å². The van der Waals surface area contributed by atoms with Gasteiger partial charge in [-0.15, -0.1) is 0 Å². The van der Waals surface area contributed by atoms with E-state index < -0.39 is 24.4 Å². The lowest BCUT2D eigenvalue weighted by Gasteiger charge is -2.43. The molecule has 1 aromatic carbocycles. The minimum absolute atomic E-state index is 0.121. The van der Waals surface area contributed by atoms with Crippen LogP contribution in [0.1, 0.15) is 31.2 Å². The smallest absolute Gasteiger partial charge is 0.157 e. The van der Waals surface area contributed by atoms with E-state index in [1.807, 2.05) is 4.90 Å². The Morgan fingerprint density at radius 2 is 1.68 bits per heavy atom. The van der Waals surface area contributed by atoms with Crippen LogP contribution in [-0.2, 0) is 11.2 Å². The van der Waals surface area contributed by atoms with Crippen LogP contribution in [0.25, 0.3) is 0 Å². The molecule has 0 aromatic heterocycles. The highest BCUT2D eigenvalue weighted by Gasteiger charge is 2.40. The third-order valence-corrected chi connectivity index (χ3v) is 5.27. The highest BCUT2D eigenvalue weighted by Crippen LogP contribution is 2.25. The first-order valence-electron chi connectivity index (χ1n) is 9.91. The summed E-state index contributed by atoms with van der Waals surface area (Å²) in [4.78, 5) is 1.84. The van der Waals surface area contributed by atoms with E-state index in [2.05, 4.69) is 0 Å². The molecule has 8 nitrogen and oxygen atoms in total. The summed E-state index contributed by atoms with van der Waals surface area (Å²) in [6.45, 7) is 1.85. The number of unbranched alkanes of at least 4 members (excludes halogenated alkanes) is 3. The monoisotopic (exact) mass is 399 g/mol. The summed E-state index contributed by atoms with van der Waals surface area (Å²) in [5.74, 6) is -0.246. The number of β-amino-alcohol motifs (C(OH)–C–C–N with tert-alkyl or cyclic N) is 1. The van der Waals surface area contributed by atoms with E-state index in [9.17, 15) is 30.6 Å². The van der Waals surface area contributed by atoms with Crippen molar-refractivity contribution in [3.63, 3.8) is 0 Å². The number of aliphatic hydroxyl groups is 4. The van der Waals surface area contributed by atoms with Crippen LogP contribution in [0.3, 0.4) is 0 Å². The van der Waals surface area contributed by atoms with Crippen LogP contribution in [0.5, 0.6) is 11.5 Å². The van der Waals surface area contributed by atoms with Gasteiger partial charge in [-0.2, -0.15) is 0 Å². The first-order chi connectivity index (χ1) is 13.4. The summed E-state index contributed by atoms with van der Waals surface area (Å²) in [6, 6.07) is 4.21. The van der Waals surface area contributed by atoms with E-state index in [1.54, 1.807) is 6.07 Å². The van der Waals surface area contributed by atoms with Crippen LogP contribution < -0.4 is 0 Å². The van der Waals surface area contributed by atoms with Crippen LogP contribution in [0.4, 0.5) is 0 Å². The number of hydrogen-bond acceptors (Lipinski definition) is 8. The van der Waals surface area contributed by atoms with Gasteiger partial charge in [-0.1, -0.05) is 18.9 Å². The molecule has 0 spiro atoms.